The predicted molar refractivity (Wildman–Crippen MR) is 120 cm³/mol. The van der Waals surface area contributed by atoms with Gasteiger partial charge in [-0.15, -0.1) is 0 Å². The Kier molecular flexibility index (Phi) is 6.92. The lowest BCUT2D eigenvalue weighted by Gasteiger charge is -2.13. The quantitative estimate of drug-likeness (QED) is 0.307. The first-order chi connectivity index (χ1) is 16.1. The number of rotatable bonds is 5. The van der Waals surface area contributed by atoms with Crippen molar-refractivity contribution in [1.29, 1.82) is 5.26 Å². The smallest absolute Gasteiger partial charge is 0.416 e. The molecule has 0 fully saturated rings. The number of nitrogens with zero attached hydrogens (tertiary/aromatic N) is 2. The lowest BCUT2D eigenvalue weighted by Crippen LogP contribution is -2.14. The Morgan fingerprint density at radius 1 is 1.09 bits per heavy atom. The van der Waals surface area contributed by atoms with Crippen molar-refractivity contribution >= 4 is 23.6 Å². The summed E-state index contributed by atoms with van der Waals surface area (Å²) in [6, 6.07) is 14.5. The molecule has 34 heavy (non-hydrogen) atoms. The van der Waals surface area contributed by atoms with Crippen molar-refractivity contribution < 1.29 is 27.5 Å². The zero-order valence-corrected chi connectivity index (χ0v) is 18.5. The molecule has 0 unspecified atom stereocenters. The minimum absolute atomic E-state index is 0.0848. The van der Waals surface area contributed by atoms with Crippen molar-refractivity contribution in [1.82, 2.24) is 4.57 Å². The van der Waals surface area contributed by atoms with E-state index in [1.54, 1.807) is 54.8 Å². The van der Waals surface area contributed by atoms with E-state index in [9.17, 15) is 28.0 Å². The Morgan fingerprint density at radius 2 is 1.79 bits per heavy atom. The number of esters is 1. The number of amides is 1. The lowest BCUT2D eigenvalue weighted by molar-refractivity contribution is -0.137. The van der Waals surface area contributed by atoms with Crippen LogP contribution in [0.2, 0.25) is 0 Å². The Hall–Kier alpha value is -4.32. The van der Waals surface area contributed by atoms with E-state index in [2.05, 4.69) is 5.32 Å². The van der Waals surface area contributed by atoms with Gasteiger partial charge >= 0.3 is 12.1 Å². The number of hydrogen-bond acceptors (Lipinski definition) is 4. The largest absolute Gasteiger partial charge is 0.465 e. The number of carbonyl (C=O) groups is 2. The standard InChI is InChI=1S/C25H20F3N3O3/c1-15-11-17(16(2)31(15)22-10-5-4-9-21(22)24(33)34-3)12-18(14-29)23(32)30-20-8-6-7-19(13-20)25(26,27)28/h4-13H,1-3H3,(H,30,32)/b18-12-. The third-order valence-electron chi connectivity index (χ3n) is 5.13. The average molecular weight is 467 g/mol. The summed E-state index contributed by atoms with van der Waals surface area (Å²) in [6.07, 6.45) is -3.21. The van der Waals surface area contributed by atoms with Gasteiger partial charge in [0, 0.05) is 17.1 Å². The topological polar surface area (TPSA) is 84.1 Å². The van der Waals surface area contributed by atoms with Gasteiger partial charge in [-0.2, -0.15) is 18.4 Å². The van der Waals surface area contributed by atoms with Crippen LogP contribution in [0, 0.1) is 25.2 Å². The summed E-state index contributed by atoms with van der Waals surface area (Å²) in [5, 5.41) is 11.9. The van der Waals surface area contributed by atoms with Crippen LogP contribution in [0.3, 0.4) is 0 Å². The molecule has 1 N–H and O–H groups in total. The molecule has 0 atom stereocenters. The molecule has 2 aromatic carbocycles. The molecule has 0 aliphatic rings. The number of halogens is 3. The summed E-state index contributed by atoms with van der Waals surface area (Å²) in [7, 11) is 1.28. The predicted octanol–water partition coefficient (Wildman–Crippen LogP) is 5.45. The van der Waals surface area contributed by atoms with Gasteiger partial charge in [-0.3, -0.25) is 4.79 Å². The molecule has 0 aliphatic heterocycles. The maximum absolute atomic E-state index is 12.9. The van der Waals surface area contributed by atoms with Crippen molar-refractivity contribution in [3.05, 3.63) is 88.2 Å². The molecule has 1 heterocycles. The monoisotopic (exact) mass is 467 g/mol. The second-order valence-corrected chi connectivity index (χ2v) is 7.37. The fourth-order valence-corrected chi connectivity index (χ4v) is 3.53. The van der Waals surface area contributed by atoms with Crippen LogP contribution in [0.5, 0.6) is 0 Å². The van der Waals surface area contributed by atoms with Gasteiger partial charge in [0.2, 0.25) is 0 Å². The maximum atomic E-state index is 12.9. The summed E-state index contributed by atoms with van der Waals surface area (Å²) in [4.78, 5) is 24.8. The molecule has 1 amide bonds. The molecule has 1 aromatic heterocycles. The van der Waals surface area contributed by atoms with E-state index in [-0.39, 0.29) is 11.3 Å². The van der Waals surface area contributed by atoms with Crippen molar-refractivity contribution in [3.63, 3.8) is 0 Å². The zero-order chi connectivity index (χ0) is 25.0. The molecule has 0 aliphatic carbocycles. The molecule has 174 valence electrons. The summed E-state index contributed by atoms with van der Waals surface area (Å²) in [5.41, 5.74) is 1.52. The Labute approximate surface area is 193 Å². The van der Waals surface area contributed by atoms with Gasteiger partial charge in [-0.25, -0.2) is 4.79 Å². The molecule has 0 saturated carbocycles. The number of ether oxygens (including phenoxy) is 1. The summed E-state index contributed by atoms with van der Waals surface area (Å²) in [5.74, 6) is -1.36. The normalized spacial score (nSPS) is 11.6. The molecular formula is C25H20F3N3O3. The van der Waals surface area contributed by atoms with Gasteiger partial charge in [0.05, 0.1) is 23.9 Å². The molecule has 0 saturated heterocycles. The van der Waals surface area contributed by atoms with Crippen LogP contribution in [0.1, 0.15) is 32.9 Å². The van der Waals surface area contributed by atoms with Gasteiger partial charge in [-0.1, -0.05) is 18.2 Å². The van der Waals surface area contributed by atoms with Crippen LogP contribution in [0.25, 0.3) is 11.8 Å². The number of nitrogens with one attached hydrogen (secondary N) is 1. The van der Waals surface area contributed by atoms with E-state index >= 15 is 0 Å². The first kappa shape index (κ1) is 24.3. The number of benzene rings is 2. The van der Waals surface area contributed by atoms with Crippen LogP contribution in [-0.2, 0) is 15.7 Å². The Balaban J connectivity index is 1.97. The minimum Gasteiger partial charge on any atom is -0.465 e. The number of hydrogen-bond donors (Lipinski definition) is 1. The third kappa shape index (κ3) is 5.02. The zero-order valence-electron chi connectivity index (χ0n) is 18.5. The maximum Gasteiger partial charge on any atom is 0.416 e. The molecular weight excluding hydrogens is 447 g/mol. The van der Waals surface area contributed by atoms with E-state index < -0.39 is 23.6 Å². The van der Waals surface area contributed by atoms with E-state index in [1.165, 1.54) is 25.3 Å². The third-order valence-corrected chi connectivity index (χ3v) is 5.13. The van der Waals surface area contributed by atoms with E-state index in [0.717, 1.165) is 17.8 Å². The van der Waals surface area contributed by atoms with Crippen LogP contribution in [0.4, 0.5) is 18.9 Å². The van der Waals surface area contributed by atoms with E-state index in [0.29, 0.717) is 22.5 Å². The summed E-state index contributed by atoms with van der Waals surface area (Å²) < 4.78 is 45.4. The second-order valence-electron chi connectivity index (χ2n) is 7.37. The first-order valence-corrected chi connectivity index (χ1v) is 10.0. The molecule has 3 rings (SSSR count). The van der Waals surface area contributed by atoms with Crippen molar-refractivity contribution in [3.8, 4) is 11.8 Å². The number of aromatic nitrogens is 1. The van der Waals surface area contributed by atoms with Gasteiger partial charge in [0.1, 0.15) is 11.6 Å². The number of para-hydroxylation sites is 1. The molecule has 0 radical (unpaired) electrons. The number of anilines is 1. The van der Waals surface area contributed by atoms with E-state index in [4.69, 9.17) is 4.74 Å². The molecule has 0 bridgehead atoms. The summed E-state index contributed by atoms with van der Waals surface area (Å²) in [6.45, 7) is 3.56. The highest BCUT2D eigenvalue weighted by Gasteiger charge is 2.30. The second kappa shape index (κ2) is 9.67. The molecule has 0 spiro atoms. The van der Waals surface area contributed by atoms with Gasteiger partial charge in [-0.05, 0) is 61.9 Å². The van der Waals surface area contributed by atoms with Crippen molar-refractivity contribution in [2.75, 3.05) is 12.4 Å². The van der Waals surface area contributed by atoms with Crippen LogP contribution < -0.4 is 5.32 Å². The average Bonchev–Trinajstić information content (AvgIpc) is 3.08. The number of methoxy groups -OCH3 is 1. The fourth-order valence-electron chi connectivity index (χ4n) is 3.53. The van der Waals surface area contributed by atoms with E-state index in [1.807, 2.05) is 0 Å². The SMILES string of the molecule is COC(=O)c1ccccc1-n1c(C)cc(/C=C(/C#N)C(=O)Nc2cccc(C(F)(F)F)c2)c1C. The highest BCUT2D eigenvalue weighted by Crippen LogP contribution is 2.31. The Bertz CT molecular complexity index is 1330. The number of aryl methyl sites for hydroxylation is 1. The molecule has 9 heteroatoms. The van der Waals surface area contributed by atoms with Crippen molar-refractivity contribution in [2.45, 2.75) is 20.0 Å². The van der Waals surface area contributed by atoms with Gasteiger partial charge in [0.25, 0.3) is 5.91 Å². The number of carbonyl (C=O) groups excluding carboxylic acids is 2. The number of nitriles is 1. The summed E-state index contributed by atoms with van der Waals surface area (Å²) >= 11 is 0. The number of alkyl halides is 3. The molecule has 3 aromatic rings. The van der Waals surface area contributed by atoms with Crippen LogP contribution in [0.15, 0.2) is 60.2 Å². The van der Waals surface area contributed by atoms with Crippen LogP contribution >= 0.6 is 0 Å². The lowest BCUT2D eigenvalue weighted by atomic mass is 10.1. The van der Waals surface area contributed by atoms with Gasteiger partial charge in [0.15, 0.2) is 0 Å². The molecule has 6 nitrogen and oxygen atoms in total. The Morgan fingerprint density at radius 3 is 2.44 bits per heavy atom. The minimum atomic E-state index is -4.56. The highest BCUT2D eigenvalue weighted by atomic mass is 19.4. The van der Waals surface area contributed by atoms with Crippen molar-refractivity contribution in [2.24, 2.45) is 0 Å². The first-order valence-electron chi connectivity index (χ1n) is 10.0. The highest BCUT2D eigenvalue weighted by molar-refractivity contribution is 6.09. The fraction of sp³-hybridized carbons (Fsp3) is 0.160. The van der Waals surface area contributed by atoms with Gasteiger partial charge < -0.3 is 14.6 Å². The van der Waals surface area contributed by atoms with Crippen LogP contribution in [-0.4, -0.2) is 23.6 Å².